The minimum absolute atomic E-state index is 0.0502. The van der Waals surface area contributed by atoms with E-state index in [1.165, 1.54) is 22.9 Å². The van der Waals surface area contributed by atoms with Gasteiger partial charge in [0.05, 0.1) is 29.8 Å². The van der Waals surface area contributed by atoms with Crippen molar-refractivity contribution < 1.29 is 28.0 Å². The van der Waals surface area contributed by atoms with Crippen molar-refractivity contribution in [2.24, 2.45) is 0 Å². The van der Waals surface area contributed by atoms with Crippen molar-refractivity contribution in [1.29, 1.82) is 0 Å². The lowest BCUT2D eigenvalue weighted by atomic mass is 10.2. The Morgan fingerprint density at radius 3 is 2.62 bits per heavy atom. The van der Waals surface area contributed by atoms with Crippen LogP contribution in [0.15, 0.2) is 40.1 Å². The summed E-state index contributed by atoms with van der Waals surface area (Å²) in [7, 11) is -4.58. The van der Waals surface area contributed by atoms with Crippen LogP contribution in [-0.2, 0) is 24.8 Å². The van der Waals surface area contributed by atoms with Crippen molar-refractivity contribution >= 4 is 22.6 Å². The maximum Gasteiger partial charge on any atom is 0.330 e. The predicted octanol–water partition coefficient (Wildman–Crippen LogP) is 3.88. The Bertz CT molecular complexity index is 1230. The zero-order chi connectivity index (χ0) is 27.5. The van der Waals surface area contributed by atoms with Crippen LogP contribution < -0.4 is 11.2 Å². The first kappa shape index (κ1) is 29.3. The first-order valence-electron chi connectivity index (χ1n) is 11.8. The van der Waals surface area contributed by atoms with Gasteiger partial charge in [0.1, 0.15) is 12.3 Å². The minimum Gasteiger partial charge on any atom is -0.414 e. The summed E-state index contributed by atoms with van der Waals surface area (Å²) in [5.74, 6) is 0. The molecule has 1 aromatic carbocycles. The molecule has 1 aromatic heterocycles. The number of nitrogens with zero attached hydrogens (tertiary/aromatic N) is 2. The number of nitro benzene ring substituents is 1. The van der Waals surface area contributed by atoms with Crippen LogP contribution in [0.5, 0.6) is 0 Å². The van der Waals surface area contributed by atoms with Crippen LogP contribution in [0.4, 0.5) is 5.69 Å². The number of benzene rings is 1. The van der Waals surface area contributed by atoms with Gasteiger partial charge < -0.3 is 23.1 Å². The molecule has 204 valence electrons. The van der Waals surface area contributed by atoms with Gasteiger partial charge >= 0.3 is 14.3 Å². The molecular weight excluding hydrogens is 521 g/mol. The fraction of sp³-hybridized carbons (Fsp3) is 0.565. The molecule has 2 N–H and O–H groups in total. The van der Waals surface area contributed by atoms with Crippen molar-refractivity contribution in [2.75, 3.05) is 6.61 Å². The van der Waals surface area contributed by atoms with Crippen molar-refractivity contribution in [3.05, 3.63) is 72.5 Å². The number of aryl methyl sites for hydroxylation is 1. The lowest BCUT2D eigenvalue weighted by Crippen LogP contribution is -2.44. The molecule has 12 nitrogen and oxygen atoms in total. The predicted molar refractivity (Wildman–Crippen MR) is 140 cm³/mol. The average Bonchev–Trinajstić information content (AvgIpc) is 3.20. The molecular formula is C23H34N3O9PSi. The first-order valence-corrected chi connectivity index (χ1v) is 15.9. The number of H-pyrrole nitrogens is 1. The second-order valence-corrected chi connectivity index (χ2v) is 16.2. The van der Waals surface area contributed by atoms with Crippen molar-refractivity contribution in [2.45, 2.75) is 77.3 Å². The Balaban J connectivity index is 1.76. The van der Waals surface area contributed by atoms with Gasteiger partial charge in [0, 0.05) is 24.2 Å². The standard InChI is InChI=1S/C23H34N3O9PSi/c1-15-12-25(22(28)24-21(15)27)20-11-18(19(34-20)14-33-37(5,6)23(2,3)4)35-36(31)32-13-16-9-7-8-10-17(16)26(29)30/h7-10,12,18-20,31H,11,13-14H2,1-6H3,(H,24,27,28)/t18-,19+,20+,36?/m0/s1. The molecule has 0 spiro atoms. The summed E-state index contributed by atoms with van der Waals surface area (Å²) in [6, 6.07) is 6.08. The molecule has 1 aliphatic rings. The summed E-state index contributed by atoms with van der Waals surface area (Å²) >= 11 is 0. The molecule has 4 atom stereocenters. The Morgan fingerprint density at radius 1 is 1.30 bits per heavy atom. The third kappa shape index (κ3) is 7.20. The van der Waals surface area contributed by atoms with E-state index >= 15 is 0 Å². The molecule has 1 aliphatic heterocycles. The van der Waals surface area contributed by atoms with Crippen LogP contribution in [0.1, 0.15) is 44.5 Å². The van der Waals surface area contributed by atoms with Crippen LogP contribution in [0.25, 0.3) is 0 Å². The summed E-state index contributed by atoms with van der Waals surface area (Å²) in [6.07, 6.45) is -0.488. The Kier molecular flexibility index (Phi) is 9.22. The molecule has 0 saturated carbocycles. The third-order valence-corrected chi connectivity index (χ3v) is 12.1. The number of nitrogens with one attached hydrogen (secondary N) is 1. The molecule has 14 heteroatoms. The molecule has 0 amide bonds. The molecule has 1 fully saturated rings. The molecule has 2 aromatic rings. The van der Waals surface area contributed by atoms with E-state index in [1.807, 2.05) is 0 Å². The summed E-state index contributed by atoms with van der Waals surface area (Å²) in [4.78, 5) is 47.7. The SMILES string of the molecule is Cc1cn([C@H]2C[C@H](OP(O)OCc3ccccc3[N+](=O)[O-])[C@@H](CO[Si](C)(C)C(C)(C)C)O2)c(=O)[nH]c1=O. The Hall–Kier alpha value is -2.25. The highest BCUT2D eigenvalue weighted by atomic mass is 31.2. The van der Waals surface area contributed by atoms with E-state index in [9.17, 15) is 24.6 Å². The number of aromatic nitrogens is 2. The second-order valence-electron chi connectivity index (χ2n) is 10.5. The highest BCUT2D eigenvalue weighted by Gasteiger charge is 2.43. The number of nitro groups is 1. The number of ether oxygens (including phenoxy) is 1. The largest absolute Gasteiger partial charge is 0.414 e. The van der Waals surface area contributed by atoms with Gasteiger partial charge in [-0.25, -0.2) is 4.79 Å². The number of para-hydroxylation sites is 1. The molecule has 0 bridgehead atoms. The van der Waals surface area contributed by atoms with E-state index in [2.05, 4.69) is 38.8 Å². The lowest BCUT2D eigenvalue weighted by Gasteiger charge is -2.37. The minimum atomic E-state index is -2.43. The fourth-order valence-corrected chi connectivity index (χ4v) is 5.30. The maximum atomic E-state index is 12.4. The van der Waals surface area contributed by atoms with Gasteiger partial charge in [-0.3, -0.25) is 24.5 Å². The molecule has 2 heterocycles. The number of hydrogen-bond acceptors (Lipinski definition) is 9. The van der Waals surface area contributed by atoms with E-state index < -0.39 is 51.5 Å². The number of rotatable bonds is 10. The van der Waals surface area contributed by atoms with E-state index in [4.69, 9.17) is 18.2 Å². The lowest BCUT2D eigenvalue weighted by molar-refractivity contribution is -0.385. The highest BCUT2D eigenvalue weighted by Crippen LogP contribution is 2.43. The van der Waals surface area contributed by atoms with Crippen molar-refractivity contribution in [3.8, 4) is 0 Å². The summed E-state index contributed by atoms with van der Waals surface area (Å²) in [5, 5.41) is 11.2. The monoisotopic (exact) mass is 555 g/mol. The number of aromatic amines is 1. The smallest absolute Gasteiger partial charge is 0.330 e. The molecule has 1 saturated heterocycles. The van der Waals surface area contributed by atoms with E-state index in [1.54, 1.807) is 19.1 Å². The third-order valence-electron chi connectivity index (χ3n) is 6.80. The van der Waals surface area contributed by atoms with Crippen LogP contribution in [0, 0.1) is 17.0 Å². The van der Waals surface area contributed by atoms with Gasteiger partial charge in [0.15, 0.2) is 8.32 Å². The zero-order valence-corrected chi connectivity index (χ0v) is 23.7. The fourth-order valence-electron chi connectivity index (χ4n) is 3.52. The Morgan fingerprint density at radius 2 is 1.97 bits per heavy atom. The van der Waals surface area contributed by atoms with Gasteiger partial charge in [-0.1, -0.05) is 32.9 Å². The second kappa shape index (κ2) is 11.6. The van der Waals surface area contributed by atoms with Crippen LogP contribution >= 0.6 is 8.60 Å². The van der Waals surface area contributed by atoms with Crippen LogP contribution in [-0.4, -0.2) is 46.5 Å². The molecule has 0 radical (unpaired) electrons. The average molecular weight is 556 g/mol. The van der Waals surface area contributed by atoms with Crippen molar-refractivity contribution in [3.63, 3.8) is 0 Å². The van der Waals surface area contributed by atoms with Crippen LogP contribution in [0.3, 0.4) is 0 Å². The molecule has 37 heavy (non-hydrogen) atoms. The zero-order valence-electron chi connectivity index (χ0n) is 21.8. The Labute approximate surface area is 216 Å². The van der Waals surface area contributed by atoms with Gasteiger partial charge in [-0.2, -0.15) is 0 Å². The van der Waals surface area contributed by atoms with Gasteiger partial charge in [0.2, 0.25) is 0 Å². The first-order chi connectivity index (χ1) is 17.2. The molecule has 0 aliphatic carbocycles. The summed E-state index contributed by atoms with van der Waals surface area (Å²) in [5.41, 5.74) is -0.579. The van der Waals surface area contributed by atoms with Gasteiger partial charge in [-0.05, 0) is 31.1 Å². The normalized spacial score (nSPS) is 21.2. The van der Waals surface area contributed by atoms with E-state index in [-0.39, 0.29) is 30.4 Å². The summed E-state index contributed by atoms with van der Waals surface area (Å²) in [6.45, 7) is 12.1. The number of hydrogen-bond donors (Lipinski definition) is 2. The van der Waals surface area contributed by atoms with Crippen molar-refractivity contribution in [1.82, 2.24) is 9.55 Å². The summed E-state index contributed by atoms with van der Waals surface area (Å²) < 4.78 is 24.9. The topological polar surface area (TPSA) is 155 Å². The molecule has 1 unspecified atom stereocenters. The van der Waals surface area contributed by atoms with Gasteiger partial charge in [0.25, 0.3) is 11.2 Å². The van der Waals surface area contributed by atoms with Crippen LogP contribution in [0.2, 0.25) is 18.1 Å². The quantitative estimate of drug-likeness (QED) is 0.192. The molecule has 3 rings (SSSR count). The highest BCUT2D eigenvalue weighted by molar-refractivity contribution is 7.40. The van der Waals surface area contributed by atoms with Gasteiger partial charge in [-0.15, -0.1) is 0 Å². The van der Waals surface area contributed by atoms with E-state index in [0.29, 0.717) is 11.1 Å². The van der Waals surface area contributed by atoms with E-state index in [0.717, 1.165) is 0 Å². The maximum absolute atomic E-state index is 12.4.